The van der Waals surface area contributed by atoms with Crippen molar-refractivity contribution in [3.8, 4) is 5.75 Å². The molecule has 104 valence electrons. The van der Waals surface area contributed by atoms with E-state index in [-0.39, 0.29) is 11.7 Å². The summed E-state index contributed by atoms with van der Waals surface area (Å²) in [5, 5.41) is 11.3. The smallest absolute Gasteiger partial charge is 0.253 e. The molecule has 1 aromatic carbocycles. The zero-order valence-electron chi connectivity index (χ0n) is 10.8. The second kappa shape index (κ2) is 6.98. The first kappa shape index (κ1) is 15.3. The summed E-state index contributed by atoms with van der Waals surface area (Å²) in [6.45, 7) is 0.373. The van der Waals surface area contributed by atoms with Crippen LogP contribution in [0.1, 0.15) is 16.8 Å². The molecule has 0 heterocycles. The Bertz CT molecular complexity index is 491. The van der Waals surface area contributed by atoms with Gasteiger partial charge >= 0.3 is 0 Å². The summed E-state index contributed by atoms with van der Waals surface area (Å²) in [5.41, 5.74) is 5.90. The van der Waals surface area contributed by atoms with Crippen molar-refractivity contribution in [1.29, 1.82) is 0 Å². The van der Waals surface area contributed by atoms with Crippen molar-refractivity contribution in [3.05, 3.63) is 28.2 Å². The molecular formula is C12H16BrN3O3. The average Bonchev–Trinajstić information content (AvgIpc) is 2.43. The molecule has 0 atom stereocenters. The molecule has 0 aliphatic heterocycles. The summed E-state index contributed by atoms with van der Waals surface area (Å²) in [5.74, 6) is 0.612. The van der Waals surface area contributed by atoms with E-state index >= 15 is 0 Å². The quantitative estimate of drug-likeness (QED) is 0.372. The van der Waals surface area contributed by atoms with Gasteiger partial charge in [-0.25, -0.2) is 0 Å². The first-order valence-corrected chi connectivity index (χ1v) is 6.34. The summed E-state index contributed by atoms with van der Waals surface area (Å²) >= 11 is 3.33. The fourth-order valence-corrected chi connectivity index (χ4v) is 1.99. The van der Waals surface area contributed by atoms with Gasteiger partial charge in [0.25, 0.3) is 5.91 Å². The van der Waals surface area contributed by atoms with E-state index in [4.69, 9.17) is 15.7 Å². The average molecular weight is 330 g/mol. The van der Waals surface area contributed by atoms with E-state index in [2.05, 4.69) is 21.1 Å². The molecule has 0 aliphatic carbocycles. The number of benzene rings is 1. The van der Waals surface area contributed by atoms with Crippen LogP contribution in [0.4, 0.5) is 0 Å². The molecule has 1 amide bonds. The fraction of sp³-hybridized carbons (Fsp3) is 0.333. The minimum atomic E-state index is -0.144. The number of methoxy groups -OCH3 is 1. The predicted molar refractivity (Wildman–Crippen MR) is 75.7 cm³/mol. The van der Waals surface area contributed by atoms with Gasteiger partial charge in [0.2, 0.25) is 0 Å². The Morgan fingerprint density at radius 2 is 2.26 bits per heavy atom. The fourth-order valence-electron chi connectivity index (χ4n) is 1.45. The third-order valence-electron chi connectivity index (χ3n) is 2.58. The van der Waals surface area contributed by atoms with Crippen molar-refractivity contribution in [3.63, 3.8) is 0 Å². The summed E-state index contributed by atoms with van der Waals surface area (Å²) < 4.78 is 5.82. The molecule has 1 aromatic rings. The molecule has 0 fully saturated rings. The van der Waals surface area contributed by atoms with Crippen LogP contribution in [0.25, 0.3) is 0 Å². The molecule has 7 heteroatoms. The normalized spacial score (nSPS) is 11.2. The molecule has 0 unspecified atom stereocenters. The minimum absolute atomic E-state index is 0.0931. The highest BCUT2D eigenvalue weighted by Gasteiger charge is 2.13. The monoisotopic (exact) mass is 329 g/mol. The highest BCUT2D eigenvalue weighted by Crippen LogP contribution is 2.25. The van der Waals surface area contributed by atoms with Crippen LogP contribution in [-0.2, 0) is 0 Å². The number of hydrogen-bond acceptors (Lipinski definition) is 4. The van der Waals surface area contributed by atoms with Crippen LogP contribution >= 0.6 is 15.9 Å². The lowest BCUT2D eigenvalue weighted by molar-refractivity contribution is 0.0798. The number of halogens is 1. The van der Waals surface area contributed by atoms with Crippen molar-refractivity contribution in [1.82, 2.24) is 4.90 Å². The van der Waals surface area contributed by atoms with E-state index in [1.165, 1.54) is 4.90 Å². The van der Waals surface area contributed by atoms with E-state index in [9.17, 15) is 4.79 Å². The Hall–Kier alpha value is -1.76. The lowest BCUT2D eigenvalue weighted by Crippen LogP contribution is -2.30. The lowest BCUT2D eigenvalue weighted by atomic mass is 10.2. The van der Waals surface area contributed by atoms with Crippen molar-refractivity contribution in [2.75, 3.05) is 20.7 Å². The van der Waals surface area contributed by atoms with E-state index in [1.807, 2.05) is 0 Å². The largest absolute Gasteiger partial charge is 0.496 e. The van der Waals surface area contributed by atoms with Crippen molar-refractivity contribution in [2.45, 2.75) is 6.42 Å². The van der Waals surface area contributed by atoms with Crippen molar-refractivity contribution < 1.29 is 14.7 Å². The van der Waals surface area contributed by atoms with Crippen LogP contribution in [0.5, 0.6) is 5.75 Å². The third kappa shape index (κ3) is 4.13. The maximum absolute atomic E-state index is 12.1. The third-order valence-corrected chi connectivity index (χ3v) is 3.20. The zero-order chi connectivity index (χ0) is 14.4. The van der Waals surface area contributed by atoms with Crippen LogP contribution in [-0.4, -0.2) is 42.6 Å². The molecule has 3 N–H and O–H groups in total. The number of nitrogens with zero attached hydrogens (tertiary/aromatic N) is 2. The number of rotatable bonds is 5. The van der Waals surface area contributed by atoms with E-state index in [0.29, 0.717) is 28.8 Å². The van der Waals surface area contributed by atoms with Gasteiger partial charge in [-0.3, -0.25) is 4.79 Å². The van der Waals surface area contributed by atoms with Crippen molar-refractivity contribution >= 4 is 27.7 Å². The number of ether oxygens (including phenoxy) is 1. The molecule has 0 saturated heterocycles. The molecule has 0 radical (unpaired) electrons. The van der Waals surface area contributed by atoms with Gasteiger partial charge < -0.3 is 20.6 Å². The first-order valence-electron chi connectivity index (χ1n) is 5.55. The summed E-state index contributed by atoms with van der Waals surface area (Å²) in [4.78, 5) is 13.6. The summed E-state index contributed by atoms with van der Waals surface area (Å²) in [6.07, 6.45) is 0.316. The van der Waals surface area contributed by atoms with Crippen LogP contribution in [0.2, 0.25) is 0 Å². The molecule has 0 saturated carbocycles. The topological polar surface area (TPSA) is 88.2 Å². The molecule has 6 nitrogen and oxygen atoms in total. The van der Waals surface area contributed by atoms with Gasteiger partial charge in [-0.2, -0.15) is 0 Å². The second-order valence-electron chi connectivity index (χ2n) is 3.92. The number of carbonyl (C=O) groups is 1. The van der Waals surface area contributed by atoms with Crippen molar-refractivity contribution in [2.24, 2.45) is 10.9 Å². The first-order chi connectivity index (χ1) is 8.99. The molecule has 1 rings (SSSR count). The van der Waals surface area contributed by atoms with Gasteiger partial charge in [-0.05, 0) is 34.1 Å². The van der Waals surface area contributed by atoms with Gasteiger partial charge in [-0.15, -0.1) is 0 Å². The van der Waals surface area contributed by atoms with Crippen LogP contribution in [0.3, 0.4) is 0 Å². The second-order valence-corrected chi connectivity index (χ2v) is 4.77. The van der Waals surface area contributed by atoms with Crippen LogP contribution < -0.4 is 10.5 Å². The van der Waals surface area contributed by atoms with Gasteiger partial charge in [-0.1, -0.05) is 5.16 Å². The van der Waals surface area contributed by atoms with E-state index in [1.54, 1.807) is 32.4 Å². The van der Waals surface area contributed by atoms with Crippen LogP contribution in [0, 0.1) is 0 Å². The number of nitrogens with two attached hydrogens (primary N) is 1. The Labute approximate surface area is 120 Å². The highest BCUT2D eigenvalue weighted by molar-refractivity contribution is 9.10. The Balaban J connectivity index is 2.74. The van der Waals surface area contributed by atoms with Crippen LogP contribution in [0.15, 0.2) is 27.8 Å². The maximum Gasteiger partial charge on any atom is 0.253 e. The number of oxime groups is 1. The Kier molecular flexibility index (Phi) is 5.62. The molecule has 0 bridgehead atoms. The molecule has 0 spiro atoms. The number of carbonyl (C=O) groups excluding carboxylic acids is 1. The molecular weight excluding hydrogens is 314 g/mol. The van der Waals surface area contributed by atoms with Gasteiger partial charge in [0, 0.05) is 25.6 Å². The summed E-state index contributed by atoms with van der Waals surface area (Å²) in [6, 6.07) is 5.10. The maximum atomic E-state index is 12.1. The molecule has 0 aromatic heterocycles. The summed E-state index contributed by atoms with van der Waals surface area (Å²) in [7, 11) is 3.22. The number of amides is 1. The molecule has 0 aliphatic rings. The lowest BCUT2D eigenvalue weighted by Gasteiger charge is -2.17. The number of amidine groups is 1. The van der Waals surface area contributed by atoms with E-state index in [0.717, 1.165) is 0 Å². The van der Waals surface area contributed by atoms with E-state index < -0.39 is 0 Å². The SMILES string of the molecule is COc1ccc(C(=O)N(C)CC/C(N)=N/O)cc1Br. The number of hydrogen-bond donors (Lipinski definition) is 2. The minimum Gasteiger partial charge on any atom is -0.496 e. The Morgan fingerprint density at radius 3 is 2.79 bits per heavy atom. The van der Waals surface area contributed by atoms with Gasteiger partial charge in [0.05, 0.1) is 11.6 Å². The molecule has 19 heavy (non-hydrogen) atoms. The zero-order valence-corrected chi connectivity index (χ0v) is 12.3. The predicted octanol–water partition coefficient (Wildman–Crippen LogP) is 1.67. The van der Waals surface area contributed by atoms with Gasteiger partial charge in [0.1, 0.15) is 11.6 Å². The highest BCUT2D eigenvalue weighted by atomic mass is 79.9. The Morgan fingerprint density at radius 1 is 1.58 bits per heavy atom. The van der Waals surface area contributed by atoms with Gasteiger partial charge in [0.15, 0.2) is 0 Å². The standard InChI is InChI=1S/C12H16BrN3O3/c1-16(6-5-11(14)15-18)12(17)8-3-4-10(19-2)9(13)7-8/h3-4,7,18H,5-6H2,1-2H3,(H2,14,15).